The molecule has 5 rings (SSSR count). The van der Waals surface area contributed by atoms with Crippen molar-refractivity contribution in [3.63, 3.8) is 0 Å². The Morgan fingerprint density at radius 3 is 2.67 bits per heavy atom. The molecule has 5 heterocycles. The fourth-order valence-electron chi connectivity index (χ4n) is 4.78. The summed E-state index contributed by atoms with van der Waals surface area (Å²) in [6.45, 7) is 7.88. The number of nitrogens with two attached hydrogens (primary N) is 1. The van der Waals surface area contributed by atoms with Gasteiger partial charge in [0.25, 0.3) is 0 Å². The Bertz CT molecular complexity index is 1230. The maximum atomic E-state index is 12.1. The van der Waals surface area contributed by atoms with Gasteiger partial charge in [0.15, 0.2) is 6.23 Å². The van der Waals surface area contributed by atoms with Gasteiger partial charge in [0.1, 0.15) is 5.82 Å². The van der Waals surface area contributed by atoms with Crippen molar-refractivity contribution in [2.75, 3.05) is 22.9 Å². The van der Waals surface area contributed by atoms with Gasteiger partial charge in [-0.1, -0.05) is 0 Å². The third kappa shape index (κ3) is 3.84. The van der Waals surface area contributed by atoms with Gasteiger partial charge in [-0.05, 0) is 26.8 Å². The molecule has 0 aliphatic carbocycles. The van der Waals surface area contributed by atoms with Crippen LogP contribution in [0.25, 0.3) is 5.78 Å². The fraction of sp³-hybridized carbons (Fsp3) is 0.409. The number of hydrogen-bond acceptors (Lipinski definition) is 9. The van der Waals surface area contributed by atoms with Gasteiger partial charge in [0.2, 0.25) is 5.78 Å². The zero-order valence-corrected chi connectivity index (χ0v) is 18.7. The lowest BCUT2D eigenvalue weighted by molar-refractivity contribution is -0.157. The predicted molar refractivity (Wildman–Crippen MR) is 121 cm³/mol. The summed E-state index contributed by atoms with van der Waals surface area (Å²) >= 11 is 0. The lowest BCUT2D eigenvalue weighted by atomic mass is 10.1. The first-order valence-electron chi connectivity index (χ1n) is 10.9. The van der Waals surface area contributed by atoms with Gasteiger partial charge in [0, 0.05) is 61.4 Å². The summed E-state index contributed by atoms with van der Waals surface area (Å²) in [5, 5.41) is 3.54. The zero-order valence-electron chi connectivity index (χ0n) is 18.7. The largest absolute Gasteiger partial charge is 0.434 e. The highest BCUT2D eigenvalue weighted by atomic mass is 16.6. The van der Waals surface area contributed by atoms with Gasteiger partial charge in [-0.15, -0.1) is 0 Å². The first-order valence-corrected chi connectivity index (χ1v) is 10.9. The molecule has 3 N–H and O–H groups in total. The van der Waals surface area contributed by atoms with Crippen LogP contribution < -0.4 is 20.9 Å². The van der Waals surface area contributed by atoms with Crippen molar-refractivity contribution in [3.05, 3.63) is 42.1 Å². The van der Waals surface area contributed by atoms with Crippen LogP contribution in [0, 0.1) is 6.92 Å². The second-order valence-electron chi connectivity index (χ2n) is 8.71. The topological polar surface area (TPSA) is 131 Å². The monoisotopic (exact) mass is 450 g/mol. The van der Waals surface area contributed by atoms with Gasteiger partial charge >= 0.3 is 11.9 Å². The van der Waals surface area contributed by atoms with E-state index in [4.69, 9.17) is 10.5 Å². The molecule has 1 unspecified atom stereocenters. The number of nitrogens with one attached hydrogen (secondary N) is 1. The molecule has 0 bridgehead atoms. The Morgan fingerprint density at radius 1 is 1.18 bits per heavy atom. The summed E-state index contributed by atoms with van der Waals surface area (Å²) in [5.74, 6) is -1.00. The van der Waals surface area contributed by atoms with Crippen molar-refractivity contribution in [3.8, 4) is 0 Å². The lowest BCUT2D eigenvalue weighted by Crippen LogP contribution is -2.54. The van der Waals surface area contributed by atoms with Crippen LogP contribution in [-0.2, 0) is 20.7 Å². The van der Waals surface area contributed by atoms with E-state index in [1.54, 1.807) is 21.7 Å². The van der Waals surface area contributed by atoms with Gasteiger partial charge in [-0.25, -0.2) is 19.7 Å². The van der Waals surface area contributed by atoms with Gasteiger partial charge in [-0.2, -0.15) is 0 Å². The molecular weight excluding hydrogens is 424 g/mol. The molecule has 2 aliphatic rings. The van der Waals surface area contributed by atoms with Crippen LogP contribution in [0.5, 0.6) is 0 Å². The number of carbonyl (C=O) groups is 2. The van der Waals surface area contributed by atoms with E-state index in [9.17, 15) is 9.59 Å². The SMILES string of the molecule is Cc1cn2cc(N3c4nccc(N5C[C@@H](C)N[C@@H](C)C5)c4CC3OC(=O)C(N)=O)cnc2n1. The molecule has 1 amide bonds. The number of fused-ring (bicyclic) bond motifs is 2. The Balaban J connectivity index is 1.58. The maximum absolute atomic E-state index is 12.1. The first kappa shape index (κ1) is 21.1. The molecule has 0 radical (unpaired) electrons. The molecule has 3 atom stereocenters. The van der Waals surface area contributed by atoms with Crippen LogP contribution in [0.3, 0.4) is 0 Å². The number of ether oxygens (including phenoxy) is 1. The van der Waals surface area contributed by atoms with Crippen molar-refractivity contribution in [2.45, 2.75) is 45.5 Å². The number of nitrogens with zero attached hydrogens (tertiary/aromatic N) is 6. The smallest absolute Gasteiger partial charge is 0.398 e. The third-order valence-electron chi connectivity index (χ3n) is 5.94. The number of esters is 1. The number of rotatable bonds is 3. The summed E-state index contributed by atoms with van der Waals surface area (Å²) in [7, 11) is 0. The highest BCUT2D eigenvalue weighted by Gasteiger charge is 2.39. The van der Waals surface area contributed by atoms with Crippen molar-refractivity contribution in [1.29, 1.82) is 0 Å². The summed E-state index contributed by atoms with van der Waals surface area (Å²) < 4.78 is 7.32. The molecule has 1 fully saturated rings. The minimum atomic E-state index is -1.14. The van der Waals surface area contributed by atoms with E-state index in [0.717, 1.165) is 30.0 Å². The molecule has 3 aromatic heterocycles. The second kappa shape index (κ2) is 8.00. The first-order chi connectivity index (χ1) is 15.8. The standard InChI is InChI=1S/C22H26N8O3/c1-12-8-28(9-13(2)26-12)17-4-5-24-20-16(17)6-18(33-21(32)19(23)31)30(20)15-7-25-22-27-14(3)10-29(22)11-15/h4-5,7,10-13,18,26H,6,8-9H2,1-3H3,(H2,23,31)/t12-,13+,18?. The Kier molecular flexibility index (Phi) is 5.12. The quantitative estimate of drug-likeness (QED) is 0.436. The van der Waals surface area contributed by atoms with Crippen LogP contribution >= 0.6 is 0 Å². The number of piperazine rings is 1. The van der Waals surface area contributed by atoms with Crippen LogP contribution in [0.1, 0.15) is 25.1 Å². The summed E-state index contributed by atoms with van der Waals surface area (Å²) in [4.78, 5) is 41.1. The number of aryl methyl sites for hydroxylation is 1. The van der Waals surface area contributed by atoms with Crippen molar-refractivity contribution >= 4 is 34.8 Å². The molecule has 0 spiro atoms. The number of aromatic nitrogens is 4. The van der Waals surface area contributed by atoms with Crippen LogP contribution in [0.15, 0.2) is 30.9 Å². The molecule has 11 heteroatoms. The van der Waals surface area contributed by atoms with Crippen LogP contribution in [0.2, 0.25) is 0 Å². The van der Waals surface area contributed by atoms with E-state index >= 15 is 0 Å². The molecular formula is C22H26N8O3. The number of primary amides is 1. The van der Waals surface area contributed by atoms with Crippen molar-refractivity contribution in [1.82, 2.24) is 24.7 Å². The highest BCUT2D eigenvalue weighted by Crippen LogP contribution is 2.42. The van der Waals surface area contributed by atoms with E-state index in [2.05, 4.69) is 39.0 Å². The summed E-state index contributed by atoms with van der Waals surface area (Å²) in [5.41, 5.74) is 8.65. The Morgan fingerprint density at radius 2 is 1.94 bits per heavy atom. The van der Waals surface area contributed by atoms with Crippen LogP contribution in [-0.4, -0.2) is 62.6 Å². The second-order valence-corrected chi connectivity index (χ2v) is 8.71. The summed E-state index contributed by atoms with van der Waals surface area (Å²) in [6.07, 6.45) is 6.71. The molecule has 0 aromatic carbocycles. The van der Waals surface area contributed by atoms with E-state index in [-0.39, 0.29) is 0 Å². The molecule has 33 heavy (non-hydrogen) atoms. The average molecular weight is 451 g/mol. The van der Waals surface area contributed by atoms with Crippen LogP contribution in [0.4, 0.5) is 17.2 Å². The maximum Gasteiger partial charge on any atom is 0.398 e. The lowest BCUT2D eigenvalue weighted by Gasteiger charge is -2.38. The number of imidazole rings is 1. The third-order valence-corrected chi connectivity index (χ3v) is 5.94. The fourth-order valence-corrected chi connectivity index (χ4v) is 4.78. The van der Waals surface area contributed by atoms with Gasteiger partial charge in [-0.3, -0.25) is 14.1 Å². The van der Waals surface area contributed by atoms with E-state index in [0.29, 0.717) is 35.8 Å². The normalized spacial score (nSPS) is 22.5. The highest BCUT2D eigenvalue weighted by molar-refractivity contribution is 6.31. The Labute approximate surface area is 190 Å². The molecule has 1 saturated heterocycles. The predicted octanol–water partition coefficient (Wildman–Crippen LogP) is 0.668. The molecule has 11 nitrogen and oxygen atoms in total. The minimum Gasteiger partial charge on any atom is -0.434 e. The number of pyridine rings is 1. The minimum absolute atomic E-state index is 0.328. The molecule has 172 valence electrons. The summed E-state index contributed by atoms with van der Waals surface area (Å²) in [6, 6.07) is 2.64. The number of anilines is 3. The van der Waals surface area contributed by atoms with Crippen molar-refractivity contribution in [2.24, 2.45) is 5.73 Å². The molecule has 3 aromatic rings. The van der Waals surface area contributed by atoms with Crippen molar-refractivity contribution < 1.29 is 14.3 Å². The van der Waals surface area contributed by atoms with E-state index in [1.807, 2.05) is 25.4 Å². The van der Waals surface area contributed by atoms with Gasteiger partial charge in [0.05, 0.1) is 17.6 Å². The molecule has 0 saturated carbocycles. The number of carbonyl (C=O) groups excluding carboxylic acids is 2. The average Bonchev–Trinajstić information content (AvgIpc) is 3.30. The molecule has 2 aliphatic heterocycles. The van der Waals surface area contributed by atoms with E-state index in [1.165, 1.54) is 0 Å². The Hall–Kier alpha value is -3.73. The van der Waals surface area contributed by atoms with E-state index < -0.39 is 18.1 Å². The van der Waals surface area contributed by atoms with Gasteiger partial charge < -0.3 is 20.7 Å². The number of hydrogen-bond donors (Lipinski definition) is 2. The zero-order chi connectivity index (χ0) is 23.3. The number of amides is 1.